The summed E-state index contributed by atoms with van der Waals surface area (Å²) in [4.78, 5) is 0. The number of benzene rings is 1. The van der Waals surface area contributed by atoms with E-state index in [-0.39, 0.29) is 0 Å². The third-order valence-electron chi connectivity index (χ3n) is 2.86. The van der Waals surface area contributed by atoms with Gasteiger partial charge in [-0.05, 0) is 59.4 Å². The van der Waals surface area contributed by atoms with Gasteiger partial charge in [0.2, 0.25) is 0 Å². The SMILES string of the molecule is NCc1cc2c(c(I)c1O)CCCC2. The highest BCUT2D eigenvalue weighted by molar-refractivity contribution is 14.1. The quantitative estimate of drug-likeness (QED) is 0.782. The summed E-state index contributed by atoms with van der Waals surface area (Å²) in [5.74, 6) is 0.397. The Hall–Kier alpha value is -0.290. The minimum atomic E-state index is 0.397. The van der Waals surface area contributed by atoms with Crippen molar-refractivity contribution in [2.45, 2.75) is 32.2 Å². The smallest absolute Gasteiger partial charge is 0.133 e. The van der Waals surface area contributed by atoms with Gasteiger partial charge in [0, 0.05) is 12.1 Å². The summed E-state index contributed by atoms with van der Waals surface area (Å²) in [5.41, 5.74) is 9.20. The van der Waals surface area contributed by atoms with Gasteiger partial charge in [0.1, 0.15) is 5.75 Å². The lowest BCUT2D eigenvalue weighted by Crippen LogP contribution is -2.08. The van der Waals surface area contributed by atoms with Crippen LogP contribution in [0.15, 0.2) is 6.07 Å². The van der Waals surface area contributed by atoms with Crippen molar-refractivity contribution < 1.29 is 5.11 Å². The van der Waals surface area contributed by atoms with E-state index in [4.69, 9.17) is 5.73 Å². The van der Waals surface area contributed by atoms with Crippen molar-refractivity contribution in [1.29, 1.82) is 0 Å². The number of halogens is 1. The summed E-state index contributed by atoms with van der Waals surface area (Å²) in [6.45, 7) is 0.426. The molecule has 0 bridgehead atoms. The van der Waals surface area contributed by atoms with E-state index in [1.54, 1.807) is 0 Å². The molecular formula is C11H14INO. The molecule has 0 unspecified atom stereocenters. The summed E-state index contributed by atoms with van der Waals surface area (Å²) < 4.78 is 1.01. The molecule has 1 aromatic rings. The molecule has 0 aromatic heterocycles. The molecule has 0 spiro atoms. The Morgan fingerprint density at radius 2 is 2.07 bits per heavy atom. The van der Waals surface area contributed by atoms with Crippen LogP contribution in [-0.2, 0) is 19.4 Å². The molecule has 2 rings (SSSR count). The van der Waals surface area contributed by atoms with Crippen LogP contribution in [0.1, 0.15) is 29.5 Å². The largest absolute Gasteiger partial charge is 0.506 e. The van der Waals surface area contributed by atoms with Gasteiger partial charge in [0.05, 0.1) is 3.57 Å². The number of hydrogen-bond acceptors (Lipinski definition) is 2. The normalized spacial score (nSPS) is 15.3. The van der Waals surface area contributed by atoms with E-state index in [1.807, 2.05) is 0 Å². The van der Waals surface area contributed by atoms with Gasteiger partial charge in [-0.3, -0.25) is 0 Å². The first kappa shape index (κ1) is 10.2. The van der Waals surface area contributed by atoms with Gasteiger partial charge < -0.3 is 10.8 Å². The van der Waals surface area contributed by atoms with Crippen molar-refractivity contribution in [3.05, 3.63) is 26.3 Å². The summed E-state index contributed by atoms with van der Waals surface area (Å²) in [6, 6.07) is 2.08. The second-order valence-corrected chi connectivity index (χ2v) is 4.83. The standard InChI is InChI=1S/C11H14INO/c12-10-9-4-2-1-3-7(9)5-8(6-13)11(10)14/h5,14H,1-4,6,13H2. The Balaban J connectivity index is 2.57. The van der Waals surface area contributed by atoms with Crippen LogP contribution >= 0.6 is 22.6 Å². The van der Waals surface area contributed by atoms with Crippen molar-refractivity contribution in [3.8, 4) is 5.75 Å². The van der Waals surface area contributed by atoms with Crippen molar-refractivity contribution in [2.24, 2.45) is 5.73 Å². The number of aromatic hydroxyl groups is 1. The second kappa shape index (κ2) is 4.06. The van der Waals surface area contributed by atoms with Gasteiger partial charge in [-0.2, -0.15) is 0 Å². The molecule has 3 N–H and O–H groups in total. The molecule has 0 radical (unpaired) electrons. The zero-order valence-electron chi connectivity index (χ0n) is 8.02. The second-order valence-electron chi connectivity index (χ2n) is 3.75. The van der Waals surface area contributed by atoms with Crippen LogP contribution < -0.4 is 5.73 Å². The summed E-state index contributed by atoms with van der Waals surface area (Å²) in [7, 11) is 0. The number of rotatable bonds is 1. The Kier molecular flexibility index (Phi) is 2.97. The monoisotopic (exact) mass is 303 g/mol. The van der Waals surface area contributed by atoms with E-state index < -0.39 is 0 Å². The highest BCUT2D eigenvalue weighted by Gasteiger charge is 2.17. The molecule has 1 aliphatic carbocycles. The van der Waals surface area contributed by atoms with Crippen LogP contribution in [0.5, 0.6) is 5.75 Å². The van der Waals surface area contributed by atoms with Gasteiger partial charge in [-0.25, -0.2) is 0 Å². The maximum absolute atomic E-state index is 9.87. The van der Waals surface area contributed by atoms with E-state index in [0.29, 0.717) is 12.3 Å². The van der Waals surface area contributed by atoms with Gasteiger partial charge in [-0.1, -0.05) is 6.07 Å². The number of phenolic OH excluding ortho intramolecular Hbond substituents is 1. The van der Waals surface area contributed by atoms with Gasteiger partial charge in [-0.15, -0.1) is 0 Å². The van der Waals surface area contributed by atoms with Crippen LogP contribution in [0.25, 0.3) is 0 Å². The first-order chi connectivity index (χ1) is 6.74. The fourth-order valence-electron chi connectivity index (χ4n) is 2.06. The fraction of sp³-hybridized carbons (Fsp3) is 0.455. The van der Waals surface area contributed by atoms with Crippen LogP contribution in [0.3, 0.4) is 0 Å². The number of nitrogens with two attached hydrogens (primary N) is 1. The molecule has 3 heteroatoms. The summed E-state index contributed by atoms with van der Waals surface area (Å²) in [5, 5.41) is 9.87. The maximum atomic E-state index is 9.87. The van der Waals surface area contributed by atoms with Gasteiger partial charge in [0.15, 0.2) is 0 Å². The van der Waals surface area contributed by atoms with Crippen LogP contribution in [0.4, 0.5) is 0 Å². The Labute approximate surface area is 97.6 Å². The van der Waals surface area contributed by atoms with E-state index >= 15 is 0 Å². The third kappa shape index (κ3) is 1.63. The molecule has 14 heavy (non-hydrogen) atoms. The molecular weight excluding hydrogens is 289 g/mol. The van der Waals surface area contributed by atoms with Crippen LogP contribution in [0, 0.1) is 3.57 Å². The molecule has 0 atom stereocenters. The van der Waals surface area contributed by atoms with Crippen LogP contribution in [0.2, 0.25) is 0 Å². The summed E-state index contributed by atoms with van der Waals surface area (Å²) in [6.07, 6.45) is 4.74. The van der Waals surface area contributed by atoms with Crippen molar-refractivity contribution >= 4 is 22.6 Å². The molecule has 0 saturated heterocycles. The minimum absolute atomic E-state index is 0.397. The average Bonchev–Trinajstić information content (AvgIpc) is 2.23. The molecule has 1 aromatic carbocycles. The van der Waals surface area contributed by atoms with E-state index in [9.17, 15) is 5.11 Å². The Morgan fingerprint density at radius 1 is 1.36 bits per heavy atom. The number of hydrogen-bond donors (Lipinski definition) is 2. The highest BCUT2D eigenvalue weighted by Crippen LogP contribution is 2.34. The minimum Gasteiger partial charge on any atom is -0.506 e. The van der Waals surface area contributed by atoms with Crippen molar-refractivity contribution in [2.75, 3.05) is 0 Å². The fourth-order valence-corrected chi connectivity index (χ4v) is 3.02. The first-order valence-electron chi connectivity index (χ1n) is 4.96. The predicted molar refractivity (Wildman–Crippen MR) is 65.4 cm³/mol. The maximum Gasteiger partial charge on any atom is 0.133 e. The zero-order chi connectivity index (χ0) is 10.1. The van der Waals surface area contributed by atoms with Crippen molar-refractivity contribution in [1.82, 2.24) is 0 Å². The zero-order valence-corrected chi connectivity index (χ0v) is 10.2. The average molecular weight is 303 g/mol. The topological polar surface area (TPSA) is 46.2 Å². The molecule has 0 saturated carbocycles. The van der Waals surface area contributed by atoms with E-state index in [1.165, 1.54) is 24.0 Å². The van der Waals surface area contributed by atoms with Crippen molar-refractivity contribution in [3.63, 3.8) is 0 Å². The lowest BCUT2D eigenvalue weighted by Gasteiger charge is -2.19. The Morgan fingerprint density at radius 3 is 2.79 bits per heavy atom. The van der Waals surface area contributed by atoms with Crippen LogP contribution in [-0.4, -0.2) is 5.11 Å². The molecule has 0 aliphatic heterocycles. The highest BCUT2D eigenvalue weighted by atomic mass is 127. The molecule has 76 valence electrons. The number of aryl methyl sites for hydroxylation is 1. The first-order valence-corrected chi connectivity index (χ1v) is 6.04. The molecule has 0 amide bonds. The van der Waals surface area contributed by atoms with E-state index in [2.05, 4.69) is 28.7 Å². The van der Waals surface area contributed by atoms with E-state index in [0.717, 1.165) is 22.0 Å². The van der Waals surface area contributed by atoms with Gasteiger partial charge >= 0.3 is 0 Å². The number of phenols is 1. The Bertz CT molecular complexity index is 363. The number of fused-ring (bicyclic) bond motifs is 1. The third-order valence-corrected chi connectivity index (χ3v) is 4.02. The predicted octanol–water partition coefficient (Wildman–Crippen LogP) is 2.33. The molecule has 2 nitrogen and oxygen atoms in total. The summed E-state index contributed by atoms with van der Waals surface area (Å²) >= 11 is 2.23. The molecule has 0 fully saturated rings. The lowest BCUT2D eigenvalue weighted by atomic mass is 9.90. The molecule has 1 aliphatic rings. The lowest BCUT2D eigenvalue weighted by molar-refractivity contribution is 0.462. The van der Waals surface area contributed by atoms with Gasteiger partial charge in [0.25, 0.3) is 0 Å². The molecule has 0 heterocycles.